The lowest BCUT2D eigenvalue weighted by Gasteiger charge is -2.41. The summed E-state index contributed by atoms with van der Waals surface area (Å²) < 4.78 is 9.70. The van der Waals surface area contributed by atoms with E-state index in [-0.39, 0.29) is 47.8 Å². The lowest BCUT2D eigenvalue weighted by molar-refractivity contribution is -0.137. The number of piperidine rings is 2. The summed E-state index contributed by atoms with van der Waals surface area (Å²) in [6.45, 7) is 7.76. The predicted molar refractivity (Wildman–Crippen MR) is 249 cm³/mol. The largest absolute Gasteiger partial charge is 0.453 e. The Bertz CT molecular complexity index is 2730. The van der Waals surface area contributed by atoms with Crippen LogP contribution in [0.5, 0.6) is 0 Å². The number of fused-ring (bicyclic) bond motifs is 5. The highest BCUT2D eigenvalue weighted by atomic mass is 16.5. The van der Waals surface area contributed by atoms with Gasteiger partial charge in [-0.2, -0.15) is 0 Å². The minimum atomic E-state index is -0.677. The van der Waals surface area contributed by atoms with Crippen LogP contribution in [0.4, 0.5) is 9.59 Å². The number of carbonyl (C=O) groups excluding carboxylic acids is 4. The summed E-state index contributed by atoms with van der Waals surface area (Å²) in [7, 11) is 2.63. The van der Waals surface area contributed by atoms with Gasteiger partial charge in [-0.15, -0.1) is 0 Å². The second-order valence-corrected chi connectivity index (χ2v) is 20.5. The van der Waals surface area contributed by atoms with Crippen molar-refractivity contribution >= 4 is 35.0 Å². The highest BCUT2D eigenvalue weighted by molar-refractivity contribution is 5.89. The Morgan fingerprint density at radius 2 is 1.14 bits per heavy atom. The van der Waals surface area contributed by atoms with Gasteiger partial charge in [0.1, 0.15) is 23.7 Å². The number of imidazole rings is 2. The third-order valence-corrected chi connectivity index (χ3v) is 15.9. The Kier molecular flexibility index (Phi) is 10.5. The van der Waals surface area contributed by atoms with E-state index in [2.05, 4.69) is 75.2 Å². The molecule has 7 aliphatic rings. The Balaban J connectivity index is 0.852. The van der Waals surface area contributed by atoms with E-state index in [4.69, 9.17) is 19.4 Å². The fourth-order valence-electron chi connectivity index (χ4n) is 12.3. The number of nitrogens with one attached hydrogen (secondary N) is 4. The van der Waals surface area contributed by atoms with Crippen LogP contribution in [0.25, 0.3) is 44.5 Å². The van der Waals surface area contributed by atoms with Gasteiger partial charge >= 0.3 is 12.2 Å². The van der Waals surface area contributed by atoms with E-state index >= 15 is 0 Å². The molecule has 5 fully saturated rings. The standard InChI is InChI=1S/C52H60N8O6/c1-25(2)45(57-51(63)65-5)49(61)59-39-20-32(39)22-41(59)47-53-24-38(56-47)28-9-7-27(8-10-28)34-16-17-35(44-30-13-11-29(12-14-30)43(34)44)31-15-18-36-37(19-31)55-48(54-36)42-23-33-21-40(33)60(42)50(62)46(26(3)4)58-52(64)66-6/h7-10,15-19,24-26,29-30,32-33,39-42,45-46H,11-14,20-23H2,1-6H3,(H,53,56)(H,54,55)(H,57,63)(H,58,64)/t29?,30?,32?,33?,39?,40?,41-,42+,45-,46-/m0/s1. The van der Waals surface area contributed by atoms with Crippen LogP contribution in [0.15, 0.2) is 60.8 Å². The number of rotatable bonds is 11. The van der Waals surface area contributed by atoms with E-state index in [1.165, 1.54) is 73.3 Å². The summed E-state index contributed by atoms with van der Waals surface area (Å²) in [5, 5.41) is 5.55. The number of alkyl carbamates (subject to hydrolysis) is 2. The zero-order valence-electron chi connectivity index (χ0n) is 38.6. The molecule has 4 heterocycles. The number of likely N-dealkylation sites (tertiary alicyclic amines) is 2. The van der Waals surface area contributed by atoms with E-state index in [1.54, 1.807) is 0 Å². The zero-order valence-corrected chi connectivity index (χ0v) is 38.6. The molecular weight excluding hydrogens is 833 g/mol. The lowest BCUT2D eigenvalue weighted by atomic mass is 9.63. The first-order valence-electron chi connectivity index (χ1n) is 24.1. The molecule has 8 atom stereocenters. The second-order valence-electron chi connectivity index (χ2n) is 20.5. The molecule has 3 saturated carbocycles. The number of ether oxygens (including phenoxy) is 2. The smallest absolute Gasteiger partial charge is 0.407 e. The number of aromatic nitrogens is 4. The summed E-state index contributed by atoms with van der Waals surface area (Å²) >= 11 is 0. The molecule has 12 rings (SSSR count). The first kappa shape index (κ1) is 42.5. The van der Waals surface area contributed by atoms with E-state index in [9.17, 15) is 19.2 Å². The number of nitrogens with zero attached hydrogens (tertiary/aromatic N) is 4. The normalized spacial score (nSPS) is 26.5. The van der Waals surface area contributed by atoms with Crippen molar-refractivity contribution in [2.45, 2.75) is 127 Å². The molecule has 344 valence electrons. The van der Waals surface area contributed by atoms with Gasteiger partial charge in [-0.25, -0.2) is 19.6 Å². The fraction of sp³-hybridized carbons (Fsp3) is 0.500. The first-order chi connectivity index (χ1) is 31.9. The minimum absolute atomic E-state index is 0.0802. The quantitative estimate of drug-likeness (QED) is 0.102. The molecule has 14 nitrogen and oxygen atoms in total. The molecule has 4 amide bonds. The number of carbonyl (C=O) groups is 4. The molecule has 5 aromatic rings. The van der Waals surface area contributed by atoms with Crippen molar-refractivity contribution in [1.29, 1.82) is 0 Å². The van der Waals surface area contributed by atoms with Crippen LogP contribution >= 0.6 is 0 Å². The minimum Gasteiger partial charge on any atom is -0.453 e. The van der Waals surface area contributed by atoms with Gasteiger partial charge in [0, 0.05) is 12.1 Å². The third-order valence-electron chi connectivity index (χ3n) is 15.9. The van der Waals surface area contributed by atoms with Crippen molar-refractivity contribution < 1.29 is 28.7 Å². The van der Waals surface area contributed by atoms with Gasteiger partial charge in [0.2, 0.25) is 11.8 Å². The monoisotopic (exact) mass is 892 g/mol. The molecule has 0 radical (unpaired) electrons. The summed E-state index contributed by atoms with van der Waals surface area (Å²) in [6.07, 6.45) is 9.16. The first-order valence-corrected chi connectivity index (χ1v) is 24.1. The number of amides is 4. The predicted octanol–water partition coefficient (Wildman–Crippen LogP) is 9.13. The number of H-pyrrole nitrogens is 2. The van der Waals surface area contributed by atoms with Crippen LogP contribution < -0.4 is 10.6 Å². The number of benzene rings is 3. The molecule has 2 aliphatic heterocycles. The SMILES string of the molecule is COC(=O)N[C@H](C(=O)N1C2CC2C[C@@H]1c1nc2ccc(-c3ccc(-c4ccc(-c5cnc([C@@H]6CC7CC7N6C(=O)[C@@H](NC(=O)OC)C(C)C)[nH]5)cc4)c4c3C3CCC4CC3)cc2[nH]1)C(C)C. The van der Waals surface area contributed by atoms with Gasteiger partial charge < -0.3 is 39.9 Å². The van der Waals surface area contributed by atoms with Crippen molar-refractivity contribution in [1.82, 2.24) is 40.4 Å². The van der Waals surface area contributed by atoms with Gasteiger partial charge in [-0.05, 0) is 138 Å². The zero-order chi connectivity index (χ0) is 45.7. The summed E-state index contributed by atoms with van der Waals surface area (Å²) in [5.41, 5.74) is 11.7. The summed E-state index contributed by atoms with van der Waals surface area (Å²) in [6, 6.07) is 18.6. The lowest BCUT2D eigenvalue weighted by Crippen LogP contribution is -2.52. The molecule has 4 N–H and O–H groups in total. The van der Waals surface area contributed by atoms with Crippen LogP contribution in [0.1, 0.15) is 126 Å². The Labute approximate surface area is 385 Å². The van der Waals surface area contributed by atoms with Gasteiger partial charge in [0.05, 0.1) is 49.2 Å². The second kappa shape index (κ2) is 16.3. The molecule has 5 aliphatic carbocycles. The van der Waals surface area contributed by atoms with Gasteiger partial charge in [0.15, 0.2) is 0 Å². The third kappa shape index (κ3) is 7.22. The molecule has 66 heavy (non-hydrogen) atoms. The molecule has 14 heteroatoms. The van der Waals surface area contributed by atoms with E-state index in [0.717, 1.165) is 59.6 Å². The van der Waals surface area contributed by atoms with Crippen LogP contribution in [-0.2, 0) is 19.1 Å². The molecule has 4 unspecified atom stereocenters. The Morgan fingerprint density at radius 1 is 0.636 bits per heavy atom. The Hall–Kier alpha value is -6.18. The van der Waals surface area contributed by atoms with Crippen LogP contribution in [0.3, 0.4) is 0 Å². The average molecular weight is 893 g/mol. The molecular formula is C52H60N8O6. The van der Waals surface area contributed by atoms with Crippen LogP contribution in [-0.4, -0.2) is 92.1 Å². The fourth-order valence-corrected chi connectivity index (χ4v) is 12.3. The van der Waals surface area contributed by atoms with Crippen LogP contribution in [0.2, 0.25) is 0 Å². The topological polar surface area (TPSA) is 175 Å². The van der Waals surface area contributed by atoms with Crippen molar-refractivity contribution in [3.63, 3.8) is 0 Å². The summed E-state index contributed by atoms with van der Waals surface area (Å²) in [5.74, 6) is 3.13. The van der Waals surface area contributed by atoms with E-state index in [0.29, 0.717) is 23.7 Å². The van der Waals surface area contributed by atoms with E-state index in [1.807, 2.05) is 43.7 Å². The number of hydrogen-bond donors (Lipinski definition) is 4. The van der Waals surface area contributed by atoms with E-state index < -0.39 is 24.3 Å². The van der Waals surface area contributed by atoms with Crippen molar-refractivity contribution in [2.75, 3.05) is 14.2 Å². The van der Waals surface area contributed by atoms with Crippen molar-refractivity contribution in [3.8, 4) is 33.5 Å². The van der Waals surface area contributed by atoms with Gasteiger partial charge in [-0.1, -0.05) is 70.2 Å². The maximum atomic E-state index is 14.1. The maximum absolute atomic E-state index is 14.1. The van der Waals surface area contributed by atoms with Gasteiger partial charge in [0.25, 0.3) is 0 Å². The highest BCUT2D eigenvalue weighted by Crippen LogP contribution is 2.57. The average Bonchev–Trinajstić information content (AvgIpc) is 3.95. The van der Waals surface area contributed by atoms with Gasteiger partial charge in [-0.3, -0.25) is 9.59 Å². The molecule has 2 aromatic heterocycles. The molecule has 2 bridgehead atoms. The summed E-state index contributed by atoms with van der Waals surface area (Å²) in [4.78, 5) is 73.4. The van der Waals surface area contributed by atoms with Crippen molar-refractivity contribution in [3.05, 3.63) is 83.6 Å². The number of methoxy groups -OCH3 is 2. The Morgan fingerprint density at radius 3 is 1.67 bits per heavy atom. The maximum Gasteiger partial charge on any atom is 0.407 e. The number of aromatic amines is 2. The molecule has 0 spiro atoms. The van der Waals surface area contributed by atoms with Crippen LogP contribution in [0, 0.1) is 23.7 Å². The molecule has 2 saturated heterocycles. The highest BCUT2D eigenvalue weighted by Gasteiger charge is 2.57. The van der Waals surface area contributed by atoms with Crippen molar-refractivity contribution in [2.24, 2.45) is 23.7 Å². The number of hydrogen-bond acceptors (Lipinski definition) is 8. The molecule has 3 aromatic carbocycles.